The first kappa shape index (κ1) is 15.7. The van der Waals surface area contributed by atoms with E-state index >= 15 is 0 Å². The molecule has 0 saturated carbocycles. The molecule has 2 heterocycles. The smallest absolute Gasteiger partial charge is 0.221 e. The van der Waals surface area contributed by atoms with E-state index in [-0.39, 0.29) is 5.91 Å². The molecule has 7 heteroatoms. The summed E-state index contributed by atoms with van der Waals surface area (Å²) in [5.74, 6) is 1.42. The molecule has 25 heavy (non-hydrogen) atoms. The van der Waals surface area contributed by atoms with E-state index in [4.69, 9.17) is 14.2 Å². The molecule has 2 aromatic carbocycles. The van der Waals surface area contributed by atoms with Crippen molar-refractivity contribution in [3.63, 3.8) is 0 Å². The van der Waals surface area contributed by atoms with Crippen LogP contribution in [0, 0.1) is 0 Å². The number of anilines is 1. The number of para-hydroxylation sites is 1. The van der Waals surface area contributed by atoms with E-state index in [1.165, 1.54) is 6.92 Å². The molecular weight excluding hydrogens is 340 g/mol. The lowest BCUT2D eigenvalue weighted by Crippen LogP contribution is -2.18. The summed E-state index contributed by atoms with van der Waals surface area (Å²) >= 11 is 1.60. The molecule has 0 spiro atoms. The minimum atomic E-state index is -0.167. The number of ether oxygens (including phenoxy) is 3. The molecule has 128 valence electrons. The number of benzene rings is 2. The van der Waals surface area contributed by atoms with E-state index in [1.54, 1.807) is 23.5 Å². The summed E-state index contributed by atoms with van der Waals surface area (Å²) in [5.41, 5.74) is 1.54. The molecule has 6 nitrogen and oxygen atoms in total. The van der Waals surface area contributed by atoms with Gasteiger partial charge in [0.2, 0.25) is 11.7 Å². The van der Waals surface area contributed by atoms with Crippen LogP contribution in [-0.4, -0.2) is 24.1 Å². The summed E-state index contributed by atoms with van der Waals surface area (Å²) in [6.07, 6.45) is 0. The van der Waals surface area contributed by atoms with E-state index in [9.17, 15) is 4.79 Å². The van der Waals surface area contributed by atoms with E-state index < -0.39 is 0 Å². The fourth-order valence-electron chi connectivity index (χ4n) is 2.63. The molecular formula is C18H16N2O4S. The average molecular weight is 356 g/mol. The van der Waals surface area contributed by atoms with Crippen LogP contribution in [0.2, 0.25) is 0 Å². The Hall–Kier alpha value is -2.80. The van der Waals surface area contributed by atoms with Crippen LogP contribution in [0.4, 0.5) is 5.69 Å². The Morgan fingerprint density at radius 2 is 2.00 bits per heavy atom. The normalized spacial score (nSPS) is 12.8. The van der Waals surface area contributed by atoms with Gasteiger partial charge in [0.1, 0.15) is 24.8 Å². The number of carbonyl (C=O) groups is 1. The van der Waals surface area contributed by atoms with Gasteiger partial charge in [-0.2, -0.15) is 0 Å². The van der Waals surface area contributed by atoms with Crippen molar-refractivity contribution in [2.75, 3.05) is 18.5 Å². The third-order valence-electron chi connectivity index (χ3n) is 3.65. The van der Waals surface area contributed by atoms with Crippen molar-refractivity contribution in [2.24, 2.45) is 0 Å². The largest absolute Gasteiger partial charge is 0.484 e. The Kier molecular flexibility index (Phi) is 4.15. The second kappa shape index (κ2) is 6.60. The zero-order valence-corrected chi connectivity index (χ0v) is 14.4. The summed E-state index contributed by atoms with van der Waals surface area (Å²) in [7, 11) is 0. The quantitative estimate of drug-likeness (QED) is 0.773. The lowest BCUT2D eigenvalue weighted by Gasteiger charge is -2.23. The molecule has 0 bridgehead atoms. The maximum absolute atomic E-state index is 11.3. The van der Waals surface area contributed by atoms with E-state index in [2.05, 4.69) is 10.3 Å². The van der Waals surface area contributed by atoms with Gasteiger partial charge in [-0.25, -0.2) is 4.98 Å². The van der Waals surface area contributed by atoms with Crippen LogP contribution in [0.5, 0.6) is 17.2 Å². The van der Waals surface area contributed by atoms with Crippen molar-refractivity contribution in [1.29, 1.82) is 0 Å². The van der Waals surface area contributed by atoms with Gasteiger partial charge in [-0.3, -0.25) is 4.79 Å². The lowest BCUT2D eigenvalue weighted by molar-refractivity contribution is -0.114. The monoisotopic (exact) mass is 356 g/mol. The van der Waals surface area contributed by atoms with Gasteiger partial charge in [0.25, 0.3) is 0 Å². The van der Waals surface area contributed by atoms with Gasteiger partial charge in [0, 0.05) is 6.92 Å². The number of thiazole rings is 1. The van der Waals surface area contributed by atoms with Gasteiger partial charge in [0.05, 0.1) is 15.9 Å². The molecule has 0 fully saturated rings. The summed E-state index contributed by atoms with van der Waals surface area (Å²) in [6, 6.07) is 11.5. The number of rotatable bonds is 4. The Bertz CT molecular complexity index is 905. The lowest BCUT2D eigenvalue weighted by atomic mass is 10.2. The van der Waals surface area contributed by atoms with Gasteiger partial charge in [-0.05, 0) is 24.3 Å². The predicted octanol–water partition coefficient (Wildman–Crippen LogP) is 3.60. The summed E-state index contributed by atoms with van der Waals surface area (Å²) in [4.78, 5) is 15.9. The third kappa shape index (κ3) is 3.23. The molecule has 4 rings (SSSR count). The number of hydrogen-bond donors (Lipinski definition) is 1. The minimum Gasteiger partial charge on any atom is -0.484 e. The highest BCUT2D eigenvalue weighted by molar-refractivity contribution is 7.18. The number of amides is 1. The van der Waals surface area contributed by atoms with Gasteiger partial charge in [-0.15, -0.1) is 11.3 Å². The van der Waals surface area contributed by atoms with Crippen LogP contribution in [0.25, 0.3) is 10.2 Å². The van der Waals surface area contributed by atoms with Crippen LogP contribution < -0.4 is 19.5 Å². The summed E-state index contributed by atoms with van der Waals surface area (Å²) in [6.45, 7) is 2.66. The first-order valence-corrected chi connectivity index (χ1v) is 8.70. The topological polar surface area (TPSA) is 69.7 Å². The standard InChI is InChI=1S/C18H16N2O4S/c1-11(21)19-13-6-7-14(18-17(13)22-8-9-23-18)24-10-16-20-12-4-2-3-5-15(12)25-16/h2-7H,8-10H2,1H3,(H,19,21). The van der Waals surface area contributed by atoms with E-state index in [0.29, 0.717) is 42.8 Å². The van der Waals surface area contributed by atoms with Gasteiger partial charge in [0.15, 0.2) is 11.5 Å². The Labute approximate surface area is 148 Å². The number of aromatic nitrogens is 1. The second-order valence-corrected chi connectivity index (χ2v) is 6.63. The predicted molar refractivity (Wildman–Crippen MR) is 95.7 cm³/mol. The minimum absolute atomic E-state index is 0.167. The van der Waals surface area contributed by atoms with Crippen LogP contribution in [-0.2, 0) is 11.4 Å². The Balaban J connectivity index is 1.58. The van der Waals surface area contributed by atoms with Crippen molar-refractivity contribution in [1.82, 2.24) is 4.98 Å². The van der Waals surface area contributed by atoms with Crippen molar-refractivity contribution >= 4 is 33.1 Å². The van der Waals surface area contributed by atoms with Crippen molar-refractivity contribution in [2.45, 2.75) is 13.5 Å². The highest BCUT2D eigenvalue weighted by atomic mass is 32.1. The molecule has 1 amide bonds. The average Bonchev–Trinajstić information content (AvgIpc) is 3.03. The van der Waals surface area contributed by atoms with Gasteiger partial charge in [-0.1, -0.05) is 12.1 Å². The molecule has 0 atom stereocenters. The first-order chi connectivity index (χ1) is 12.2. The van der Waals surface area contributed by atoms with Crippen LogP contribution in [0.3, 0.4) is 0 Å². The molecule has 0 radical (unpaired) electrons. The Morgan fingerprint density at radius 3 is 2.80 bits per heavy atom. The Morgan fingerprint density at radius 1 is 1.20 bits per heavy atom. The van der Waals surface area contributed by atoms with E-state index in [1.807, 2.05) is 24.3 Å². The molecule has 1 aliphatic heterocycles. The van der Waals surface area contributed by atoms with Crippen molar-refractivity contribution < 1.29 is 19.0 Å². The zero-order valence-electron chi connectivity index (χ0n) is 13.6. The highest BCUT2D eigenvalue weighted by Gasteiger charge is 2.22. The maximum Gasteiger partial charge on any atom is 0.221 e. The fourth-order valence-corrected chi connectivity index (χ4v) is 3.52. The number of nitrogens with one attached hydrogen (secondary N) is 1. The highest BCUT2D eigenvalue weighted by Crippen LogP contribution is 2.45. The molecule has 1 N–H and O–H groups in total. The third-order valence-corrected chi connectivity index (χ3v) is 4.66. The fraction of sp³-hybridized carbons (Fsp3) is 0.222. The summed E-state index contributed by atoms with van der Waals surface area (Å²) in [5, 5.41) is 3.63. The van der Waals surface area contributed by atoms with Gasteiger partial charge < -0.3 is 19.5 Å². The number of nitrogens with zero attached hydrogens (tertiary/aromatic N) is 1. The van der Waals surface area contributed by atoms with E-state index in [0.717, 1.165) is 15.2 Å². The summed E-state index contributed by atoms with van der Waals surface area (Å²) < 4.78 is 18.4. The van der Waals surface area contributed by atoms with Crippen LogP contribution >= 0.6 is 11.3 Å². The second-order valence-electron chi connectivity index (χ2n) is 5.51. The molecule has 0 saturated heterocycles. The number of hydrogen-bond acceptors (Lipinski definition) is 6. The number of carbonyl (C=O) groups excluding carboxylic acids is 1. The maximum atomic E-state index is 11.3. The molecule has 3 aromatic rings. The molecule has 1 aliphatic rings. The SMILES string of the molecule is CC(=O)Nc1ccc(OCc2nc3ccccc3s2)c2c1OCCO2. The first-order valence-electron chi connectivity index (χ1n) is 7.88. The van der Waals surface area contributed by atoms with Crippen LogP contribution in [0.15, 0.2) is 36.4 Å². The molecule has 1 aromatic heterocycles. The van der Waals surface area contributed by atoms with Gasteiger partial charge >= 0.3 is 0 Å². The zero-order chi connectivity index (χ0) is 17.2. The van der Waals surface area contributed by atoms with Crippen molar-refractivity contribution in [3.8, 4) is 17.2 Å². The molecule has 0 unspecified atom stereocenters. The van der Waals surface area contributed by atoms with Crippen LogP contribution in [0.1, 0.15) is 11.9 Å². The molecule has 0 aliphatic carbocycles. The van der Waals surface area contributed by atoms with Crippen molar-refractivity contribution in [3.05, 3.63) is 41.4 Å². The number of fused-ring (bicyclic) bond motifs is 2.